The summed E-state index contributed by atoms with van der Waals surface area (Å²) in [6.45, 7) is 9.16. The van der Waals surface area contributed by atoms with Gasteiger partial charge in [0.05, 0.1) is 17.9 Å². The van der Waals surface area contributed by atoms with E-state index >= 15 is 0 Å². The molecular formula is C13H21NO2. The van der Waals surface area contributed by atoms with Crippen LogP contribution in [-0.4, -0.2) is 18.8 Å². The first-order valence-electron chi connectivity index (χ1n) is 5.51. The molecule has 0 heterocycles. The maximum atomic E-state index is 5.79. The van der Waals surface area contributed by atoms with Gasteiger partial charge in [-0.05, 0) is 45.4 Å². The fraction of sp³-hybridized carbons (Fsp3) is 0.538. The van der Waals surface area contributed by atoms with E-state index in [0.29, 0.717) is 18.9 Å². The maximum Gasteiger partial charge on any atom is 0.142 e. The highest BCUT2D eigenvalue weighted by Gasteiger charge is 2.09. The van der Waals surface area contributed by atoms with Gasteiger partial charge in [-0.1, -0.05) is 6.07 Å². The molecule has 0 radical (unpaired) electrons. The zero-order chi connectivity index (χ0) is 12.2. The van der Waals surface area contributed by atoms with Crippen molar-refractivity contribution in [2.75, 3.05) is 18.9 Å². The molecule has 3 heteroatoms. The summed E-state index contributed by atoms with van der Waals surface area (Å²) in [5, 5.41) is 0. The molecule has 0 aliphatic carbocycles. The Balaban J connectivity index is 2.40. The zero-order valence-corrected chi connectivity index (χ0v) is 10.5. The largest absolute Gasteiger partial charge is 0.489 e. The van der Waals surface area contributed by atoms with Gasteiger partial charge in [0.1, 0.15) is 12.4 Å². The molecular weight excluding hydrogens is 202 g/mol. The summed E-state index contributed by atoms with van der Waals surface area (Å²) in [4.78, 5) is 0. The molecule has 2 N–H and O–H groups in total. The number of benzene rings is 1. The topological polar surface area (TPSA) is 44.5 Å². The van der Waals surface area contributed by atoms with Crippen molar-refractivity contribution in [3.05, 3.63) is 23.8 Å². The molecule has 3 nitrogen and oxygen atoms in total. The van der Waals surface area contributed by atoms with Crippen LogP contribution in [-0.2, 0) is 4.74 Å². The van der Waals surface area contributed by atoms with Gasteiger partial charge in [-0.3, -0.25) is 0 Å². The number of aryl methyl sites for hydroxylation is 1. The SMILES string of the molecule is Cc1ccc(N)c(OCCOC(C)(C)C)c1. The van der Waals surface area contributed by atoms with Gasteiger partial charge in [0, 0.05) is 0 Å². The maximum absolute atomic E-state index is 5.79. The summed E-state index contributed by atoms with van der Waals surface area (Å²) < 4.78 is 11.1. The number of hydrogen-bond donors (Lipinski definition) is 1. The summed E-state index contributed by atoms with van der Waals surface area (Å²) in [6, 6.07) is 5.76. The third-order valence-corrected chi connectivity index (χ3v) is 2.05. The van der Waals surface area contributed by atoms with Crippen LogP contribution in [0.3, 0.4) is 0 Å². The molecule has 0 fully saturated rings. The Bertz CT molecular complexity index is 342. The van der Waals surface area contributed by atoms with Crippen LogP contribution in [0.15, 0.2) is 18.2 Å². The third-order valence-electron chi connectivity index (χ3n) is 2.05. The van der Waals surface area contributed by atoms with E-state index in [1.54, 1.807) is 0 Å². The monoisotopic (exact) mass is 223 g/mol. The van der Waals surface area contributed by atoms with Crippen molar-refractivity contribution in [2.45, 2.75) is 33.3 Å². The molecule has 1 rings (SSSR count). The van der Waals surface area contributed by atoms with Crippen LogP contribution in [0.1, 0.15) is 26.3 Å². The minimum absolute atomic E-state index is 0.124. The first-order chi connectivity index (χ1) is 7.38. The van der Waals surface area contributed by atoms with Crippen molar-refractivity contribution >= 4 is 5.69 Å². The predicted octanol–water partition coefficient (Wildman–Crippen LogP) is 2.77. The Labute approximate surface area is 97.6 Å². The van der Waals surface area contributed by atoms with E-state index in [0.717, 1.165) is 11.3 Å². The van der Waals surface area contributed by atoms with Gasteiger partial charge in [-0.2, -0.15) is 0 Å². The Morgan fingerprint density at radius 3 is 2.50 bits per heavy atom. The molecule has 0 saturated heterocycles. The molecule has 0 aromatic heterocycles. The van der Waals surface area contributed by atoms with E-state index in [4.69, 9.17) is 15.2 Å². The molecule has 1 aromatic carbocycles. The van der Waals surface area contributed by atoms with E-state index in [1.165, 1.54) is 0 Å². The first kappa shape index (κ1) is 12.8. The van der Waals surface area contributed by atoms with Crippen LogP contribution in [0, 0.1) is 6.92 Å². The van der Waals surface area contributed by atoms with Crippen LogP contribution in [0.4, 0.5) is 5.69 Å². The van der Waals surface area contributed by atoms with Gasteiger partial charge in [-0.25, -0.2) is 0 Å². The average Bonchev–Trinajstić information content (AvgIpc) is 2.16. The number of nitrogen functional groups attached to an aromatic ring is 1. The first-order valence-corrected chi connectivity index (χ1v) is 5.51. The second kappa shape index (κ2) is 5.21. The van der Waals surface area contributed by atoms with E-state index in [9.17, 15) is 0 Å². The van der Waals surface area contributed by atoms with Gasteiger partial charge in [0.15, 0.2) is 0 Å². The number of nitrogens with two attached hydrogens (primary N) is 1. The lowest BCUT2D eigenvalue weighted by Crippen LogP contribution is -2.22. The lowest BCUT2D eigenvalue weighted by atomic mass is 10.2. The van der Waals surface area contributed by atoms with E-state index in [2.05, 4.69) is 0 Å². The Kier molecular flexibility index (Phi) is 4.19. The highest BCUT2D eigenvalue weighted by Crippen LogP contribution is 2.22. The lowest BCUT2D eigenvalue weighted by Gasteiger charge is -2.19. The van der Waals surface area contributed by atoms with Crippen LogP contribution in [0.2, 0.25) is 0 Å². The van der Waals surface area contributed by atoms with Gasteiger partial charge in [0.25, 0.3) is 0 Å². The molecule has 0 aliphatic rings. The average molecular weight is 223 g/mol. The molecule has 16 heavy (non-hydrogen) atoms. The van der Waals surface area contributed by atoms with Crippen molar-refractivity contribution < 1.29 is 9.47 Å². The third kappa shape index (κ3) is 4.53. The van der Waals surface area contributed by atoms with Crippen molar-refractivity contribution in [3.8, 4) is 5.75 Å². The van der Waals surface area contributed by atoms with Crippen molar-refractivity contribution in [2.24, 2.45) is 0 Å². The van der Waals surface area contributed by atoms with Crippen molar-refractivity contribution in [1.82, 2.24) is 0 Å². The normalized spacial score (nSPS) is 11.5. The molecule has 0 aliphatic heterocycles. The summed E-state index contributed by atoms with van der Waals surface area (Å²) in [7, 11) is 0. The smallest absolute Gasteiger partial charge is 0.142 e. The number of hydrogen-bond acceptors (Lipinski definition) is 3. The second-order valence-electron chi connectivity index (χ2n) is 4.85. The highest BCUT2D eigenvalue weighted by molar-refractivity contribution is 5.53. The van der Waals surface area contributed by atoms with Crippen LogP contribution in [0.25, 0.3) is 0 Å². The summed E-state index contributed by atoms with van der Waals surface area (Å²) in [5.74, 6) is 0.734. The Morgan fingerprint density at radius 1 is 1.19 bits per heavy atom. The fourth-order valence-electron chi connectivity index (χ4n) is 1.27. The van der Waals surface area contributed by atoms with E-state index in [1.807, 2.05) is 45.9 Å². The number of rotatable bonds is 4. The highest BCUT2D eigenvalue weighted by atomic mass is 16.5. The fourth-order valence-corrected chi connectivity index (χ4v) is 1.27. The van der Waals surface area contributed by atoms with Gasteiger partial charge in [-0.15, -0.1) is 0 Å². The molecule has 0 atom stereocenters. The summed E-state index contributed by atoms with van der Waals surface area (Å²) in [6.07, 6.45) is 0. The van der Waals surface area contributed by atoms with Crippen LogP contribution >= 0.6 is 0 Å². The van der Waals surface area contributed by atoms with Crippen molar-refractivity contribution in [1.29, 1.82) is 0 Å². The predicted molar refractivity (Wildman–Crippen MR) is 66.8 cm³/mol. The van der Waals surface area contributed by atoms with Crippen LogP contribution < -0.4 is 10.5 Å². The molecule has 0 unspecified atom stereocenters. The van der Waals surface area contributed by atoms with Gasteiger partial charge in [0.2, 0.25) is 0 Å². The molecule has 0 spiro atoms. The van der Waals surface area contributed by atoms with Gasteiger partial charge < -0.3 is 15.2 Å². The standard InChI is InChI=1S/C13H21NO2/c1-10-5-6-11(14)12(9-10)15-7-8-16-13(2,3)4/h5-6,9H,7-8,14H2,1-4H3. The quantitative estimate of drug-likeness (QED) is 0.630. The number of ether oxygens (including phenoxy) is 2. The minimum atomic E-state index is -0.124. The summed E-state index contributed by atoms with van der Waals surface area (Å²) >= 11 is 0. The zero-order valence-electron chi connectivity index (χ0n) is 10.5. The molecule has 0 amide bonds. The van der Waals surface area contributed by atoms with Crippen LogP contribution in [0.5, 0.6) is 5.75 Å². The molecule has 0 bridgehead atoms. The van der Waals surface area contributed by atoms with E-state index < -0.39 is 0 Å². The van der Waals surface area contributed by atoms with Crippen molar-refractivity contribution in [3.63, 3.8) is 0 Å². The lowest BCUT2D eigenvalue weighted by molar-refractivity contribution is -0.0162. The second-order valence-corrected chi connectivity index (χ2v) is 4.85. The summed E-state index contributed by atoms with van der Waals surface area (Å²) in [5.41, 5.74) is 7.48. The van der Waals surface area contributed by atoms with Gasteiger partial charge >= 0.3 is 0 Å². The molecule has 0 saturated carbocycles. The van der Waals surface area contributed by atoms with E-state index in [-0.39, 0.29) is 5.60 Å². The molecule has 1 aromatic rings. The molecule has 90 valence electrons. The Morgan fingerprint density at radius 2 is 1.88 bits per heavy atom. The minimum Gasteiger partial charge on any atom is -0.489 e. The number of anilines is 1. The Hall–Kier alpha value is -1.22.